The Balaban J connectivity index is 2.06. The molecule has 2 unspecified atom stereocenters. The van der Waals surface area contributed by atoms with Crippen molar-refractivity contribution in [2.24, 2.45) is 13.0 Å². The van der Waals surface area contributed by atoms with Gasteiger partial charge in [-0.2, -0.15) is 18.3 Å². The lowest BCUT2D eigenvalue weighted by Gasteiger charge is -2.33. The first-order valence-corrected chi connectivity index (χ1v) is 5.80. The van der Waals surface area contributed by atoms with Crippen molar-refractivity contribution >= 4 is 5.82 Å². The van der Waals surface area contributed by atoms with E-state index in [1.54, 1.807) is 24.0 Å². The Kier molecular flexibility index (Phi) is 3.31. The normalized spacial score (nSPS) is 25.9. The monoisotopic (exact) mass is 247 g/mol. The molecule has 0 spiro atoms. The molecule has 1 aromatic rings. The Labute approximate surface area is 98.0 Å². The zero-order chi connectivity index (χ0) is 12.5. The number of hydrogen-bond acceptors (Lipinski definition) is 2. The van der Waals surface area contributed by atoms with Crippen molar-refractivity contribution < 1.29 is 13.2 Å². The summed E-state index contributed by atoms with van der Waals surface area (Å²) in [5.41, 5.74) is 0. The fourth-order valence-corrected chi connectivity index (χ4v) is 2.38. The maximum Gasteiger partial charge on any atom is 0.393 e. The quantitative estimate of drug-likeness (QED) is 0.870. The number of aryl methyl sites for hydroxylation is 1. The Morgan fingerprint density at radius 2 is 2.06 bits per heavy atom. The van der Waals surface area contributed by atoms with Crippen molar-refractivity contribution in [2.45, 2.75) is 37.9 Å². The Morgan fingerprint density at radius 3 is 2.65 bits per heavy atom. The fraction of sp³-hybridized carbons (Fsp3) is 0.727. The first-order valence-electron chi connectivity index (χ1n) is 5.80. The predicted molar refractivity (Wildman–Crippen MR) is 58.6 cm³/mol. The Bertz CT molecular complexity index is 372. The third kappa shape index (κ3) is 2.92. The number of anilines is 1. The second-order valence-corrected chi connectivity index (χ2v) is 4.56. The van der Waals surface area contributed by atoms with Gasteiger partial charge in [0.15, 0.2) is 0 Å². The molecule has 1 fully saturated rings. The molecule has 6 heteroatoms. The second-order valence-electron chi connectivity index (χ2n) is 4.56. The van der Waals surface area contributed by atoms with E-state index in [9.17, 15) is 13.2 Å². The van der Waals surface area contributed by atoms with Gasteiger partial charge in [0.1, 0.15) is 5.82 Å². The van der Waals surface area contributed by atoms with E-state index in [0.717, 1.165) is 6.42 Å². The second kappa shape index (κ2) is 4.58. The highest BCUT2D eigenvalue weighted by molar-refractivity contribution is 5.34. The smallest absolute Gasteiger partial charge is 0.365 e. The van der Waals surface area contributed by atoms with Crippen LogP contribution in [0.1, 0.15) is 25.7 Å². The van der Waals surface area contributed by atoms with E-state index in [2.05, 4.69) is 10.4 Å². The summed E-state index contributed by atoms with van der Waals surface area (Å²) in [5.74, 6) is -0.730. The largest absolute Gasteiger partial charge is 0.393 e. The van der Waals surface area contributed by atoms with Gasteiger partial charge in [-0.1, -0.05) is 12.8 Å². The average molecular weight is 247 g/mol. The van der Waals surface area contributed by atoms with Gasteiger partial charge in [0.05, 0.1) is 5.92 Å². The molecule has 0 amide bonds. The summed E-state index contributed by atoms with van der Waals surface area (Å²) in [6.45, 7) is 0. The molecule has 1 aliphatic carbocycles. The first kappa shape index (κ1) is 12.3. The minimum absolute atomic E-state index is 0.216. The lowest BCUT2D eigenvalue weighted by molar-refractivity contribution is -0.184. The molecule has 1 heterocycles. The number of hydrogen-bond donors (Lipinski definition) is 1. The topological polar surface area (TPSA) is 29.9 Å². The van der Waals surface area contributed by atoms with Crippen LogP contribution < -0.4 is 5.32 Å². The van der Waals surface area contributed by atoms with Crippen LogP contribution in [0.5, 0.6) is 0 Å². The summed E-state index contributed by atoms with van der Waals surface area (Å²) in [4.78, 5) is 0. The molecule has 0 bridgehead atoms. The van der Waals surface area contributed by atoms with Crippen LogP contribution in [0.2, 0.25) is 0 Å². The van der Waals surface area contributed by atoms with Gasteiger partial charge in [-0.25, -0.2) is 0 Å². The molecule has 0 saturated heterocycles. The summed E-state index contributed by atoms with van der Waals surface area (Å²) in [5, 5.41) is 6.97. The number of alkyl halides is 3. The molecule has 1 saturated carbocycles. The number of halogens is 3. The van der Waals surface area contributed by atoms with Gasteiger partial charge in [-0.3, -0.25) is 4.68 Å². The predicted octanol–water partition coefficient (Wildman–Crippen LogP) is 2.95. The van der Waals surface area contributed by atoms with Crippen molar-refractivity contribution in [3.8, 4) is 0 Å². The molecule has 96 valence electrons. The zero-order valence-electron chi connectivity index (χ0n) is 9.67. The fourth-order valence-electron chi connectivity index (χ4n) is 2.38. The van der Waals surface area contributed by atoms with Crippen molar-refractivity contribution in [3.05, 3.63) is 12.3 Å². The van der Waals surface area contributed by atoms with Crippen LogP contribution >= 0.6 is 0 Å². The van der Waals surface area contributed by atoms with E-state index in [1.807, 2.05) is 0 Å². The van der Waals surface area contributed by atoms with Gasteiger partial charge in [0.25, 0.3) is 0 Å². The highest BCUT2D eigenvalue weighted by Gasteiger charge is 2.45. The minimum atomic E-state index is -4.12. The molecule has 2 rings (SSSR count). The van der Waals surface area contributed by atoms with Crippen LogP contribution in [0, 0.1) is 5.92 Å². The Morgan fingerprint density at radius 1 is 1.35 bits per heavy atom. The van der Waals surface area contributed by atoms with Gasteiger partial charge >= 0.3 is 6.18 Å². The molecule has 1 N–H and O–H groups in total. The third-order valence-corrected chi connectivity index (χ3v) is 3.23. The van der Waals surface area contributed by atoms with Crippen LogP contribution in [0.25, 0.3) is 0 Å². The lowest BCUT2D eigenvalue weighted by Crippen LogP contribution is -2.41. The average Bonchev–Trinajstić information content (AvgIpc) is 2.63. The highest BCUT2D eigenvalue weighted by atomic mass is 19.4. The summed E-state index contributed by atoms with van der Waals surface area (Å²) in [7, 11) is 1.74. The van der Waals surface area contributed by atoms with Crippen LogP contribution in [0.3, 0.4) is 0 Å². The lowest BCUT2D eigenvalue weighted by atomic mass is 9.84. The third-order valence-electron chi connectivity index (χ3n) is 3.23. The summed E-state index contributed by atoms with van der Waals surface area (Å²) >= 11 is 0. The van der Waals surface area contributed by atoms with Crippen molar-refractivity contribution in [1.82, 2.24) is 9.78 Å². The maximum absolute atomic E-state index is 12.8. The van der Waals surface area contributed by atoms with Gasteiger partial charge in [-0.15, -0.1) is 0 Å². The van der Waals surface area contributed by atoms with E-state index >= 15 is 0 Å². The molecule has 2 atom stereocenters. The van der Waals surface area contributed by atoms with E-state index < -0.39 is 18.1 Å². The molecule has 1 aliphatic rings. The van der Waals surface area contributed by atoms with Crippen molar-refractivity contribution in [2.75, 3.05) is 5.32 Å². The van der Waals surface area contributed by atoms with E-state index in [-0.39, 0.29) is 6.42 Å². The number of rotatable bonds is 2. The maximum atomic E-state index is 12.8. The van der Waals surface area contributed by atoms with E-state index in [1.165, 1.54) is 0 Å². The molecule has 0 aliphatic heterocycles. The zero-order valence-corrected chi connectivity index (χ0v) is 9.67. The summed E-state index contributed by atoms with van der Waals surface area (Å²) < 4.78 is 40.1. The van der Waals surface area contributed by atoms with Gasteiger partial charge in [0.2, 0.25) is 0 Å². The van der Waals surface area contributed by atoms with Crippen molar-refractivity contribution in [1.29, 1.82) is 0 Å². The van der Waals surface area contributed by atoms with E-state index in [4.69, 9.17) is 0 Å². The summed E-state index contributed by atoms with van der Waals surface area (Å²) in [6, 6.07) is 1.15. The van der Waals surface area contributed by atoms with Crippen molar-refractivity contribution in [3.63, 3.8) is 0 Å². The number of aromatic nitrogens is 2. The van der Waals surface area contributed by atoms with Crippen LogP contribution in [0.15, 0.2) is 12.3 Å². The molecular formula is C11H16F3N3. The molecule has 3 nitrogen and oxygen atoms in total. The van der Waals surface area contributed by atoms with Gasteiger partial charge in [0, 0.05) is 25.4 Å². The summed E-state index contributed by atoms with van der Waals surface area (Å²) in [6.07, 6.45) is -0.128. The van der Waals surface area contributed by atoms with Crippen LogP contribution in [-0.4, -0.2) is 22.0 Å². The highest BCUT2D eigenvalue weighted by Crippen LogP contribution is 2.38. The Hall–Kier alpha value is -1.20. The molecule has 0 radical (unpaired) electrons. The van der Waals surface area contributed by atoms with E-state index in [0.29, 0.717) is 18.7 Å². The van der Waals surface area contributed by atoms with Gasteiger partial charge < -0.3 is 5.32 Å². The first-order chi connectivity index (χ1) is 7.97. The molecule has 0 aromatic carbocycles. The van der Waals surface area contributed by atoms with Gasteiger partial charge in [-0.05, 0) is 12.8 Å². The SMILES string of the molecule is Cn1ccc(NC2CCCCC2C(F)(F)F)n1. The van der Waals surface area contributed by atoms with Crippen LogP contribution in [-0.2, 0) is 7.05 Å². The standard InChI is InChI=1S/C11H16F3N3/c1-17-7-6-10(16-17)15-9-5-3-2-4-8(9)11(12,13)14/h6-9H,2-5H2,1H3,(H,15,16). The molecule has 1 aromatic heterocycles. The minimum Gasteiger partial charge on any atom is -0.365 e. The number of nitrogens with one attached hydrogen (secondary N) is 1. The number of nitrogens with zero attached hydrogens (tertiary/aromatic N) is 2. The molecular weight excluding hydrogens is 231 g/mol. The molecule has 17 heavy (non-hydrogen) atoms. The van der Waals surface area contributed by atoms with Crippen LogP contribution in [0.4, 0.5) is 19.0 Å².